The smallest absolute Gasteiger partial charge is 0.170 e. The molecule has 1 aliphatic rings. The molecule has 0 radical (unpaired) electrons. The van der Waals surface area contributed by atoms with Crippen molar-refractivity contribution in [1.29, 1.82) is 5.26 Å². The average molecular weight is 268 g/mol. The summed E-state index contributed by atoms with van der Waals surface area (Å²) in [7, 11) is 1.87. The molecule has 1 fully saturated rings. The summed E-state index contributed by atoms with van der Waals surface area (Å²) in [6, 6.07) is 2.44. The van der Waals surface area contributed by atoms with Gasteiger partial charge < -0.3 is 5.32 Å². The van der Waals surface area contributed by atoms with Gasteiger partial charge >= 0.3 is 0 Å². The first kappa shape index (κ1) is 12.8. The van der Waals surface area contributed by atoms with E-state index in [9.17, 15) is 5.26 Å². The van der Waals surface area contributed by atoms with Gasteiger partial charge in [0.2, 0.25) is 0 Å². The lowest BCUT2D eigenvalue weighted by molar-refractivity contribution is 0.441. The quantitative estimate of drug-likeness (QED) is 0.800. The lowest BCUT2D eigenvalue weighted by Gasteiger charge is -2.24. The molecule has 0 aromatic carbocycles. The molecule has 1 unspecified atom stereocenters. The summed E-state index contributed by atoms with van der Waals surface area (Å²) in [4.78, 5) is 4.41. The van der Waals surface area contributed by atoms with Gasteiger partial charge in [0, 0.05) is 12.2 Å². The van der Waals surface area contributed by atoms with Gasteiger partial charge in [0.25, 0.3) is 0 Å². The lowest BCUT2D eigenvalue weighted by atomic mass is 9.98. The minimum atomic E-state index is -0.386. The SMILES string of the molecule is CCc1nsc(SCC(C#N)(NC)C2CC2)n1. The van der Waals surface area contributed by atoms with Crippen LogP contribution in [-0.4, -0.2) is 27.7 Å². The zero-order valence-corrected chi connectivity index (χ0v) is 11.7. The van der Waals surface area contributed by atoms with Crippen LogP contribution in [0.4, 0.5) is 0 Å². The van der Waals surface area contributed by atoms with Crippen LogP contribution >= 0.6 is 23.3 Å². The lowest BCUT2D eigenvalue weighted by Crippen LogP contribution is -2.46. The van der Waals surface area contributed by atoms with Crippen LogP contribution in [0.1, 0.15) is 25.6 Å². The monoisotopic (exact) mass is 268 g/mol. The van der Waals surface area contributed by atoms with Crippen LogP contribution in [0.15, 0.2) is 4.34 Å². The van der Waals surface area contributed by atoms with Gasteiger partial charge in [0.1, 0.15) is 11.4 Å². The van der Waals surface area contributed by atoms with Gasteiger partial charge in [0.05, 0.1) is 6.07 Å². The van der Waals surface area contributed by atoms with E-state index < -0.39 is 0 Å². The predicted octanol–water partition coefficient (Wildman–Crippen LogP) is 2.08. The van der Waals surface area contributed by atoms with Crippen molar-refractivity contribution in [2.45, 2.75) is 36.1 Å². The van der Waals surface area contributed by atoms with Gasteiger partial charge in [-0.05, 0) is 37.3 Å². The molecule has 0 saturated heterocycles. The minimum Gasteiger partial charge on any atom is -0.302 e. The van der Waals surface area contributed by atoms with E-state index in [4.69, 9.17) is 0 Å². The van der Waals surface area contributed by atoms with Gasteiger partial charge in [-0.2, -0.15) is 9.64 Å². The molecule has 1 atom stereocenters. The van der Waals surface area contributed by atoms with Crippen molar-refractivity contribution in [3.05, 3.63) is 5.82 Å². The maximum Gasteiger partial charge on any atom is 0.170 e. The van der Waals surface area contributed by atoms with Gasteiger partial charge in [0.15, 0.2) is 4.34 Å². The molecule has 17 heavy (non-hydrogen) atoms. The highest BCUT2D eigenvalue weighted by Gasteiger charge is 2.44. The number of rotatable bonds is 6. The molecular formula is C11H16N4S2. The fourth-order valence-electron chi connectivity index (χ4n) is 1.77. The second-order valence-corrected chi connectivity index (χ2v) is 6.20. The Labute approximate surface area is 110 Å². The van der Waals surface area contributed by atoms with E-state index in [0.29, 0.717) is 5.92 Å². The third-order valence-electron chi connectivity index (χ3n) is 3.11. The maximum absolute atomic E-state index is 9.36. The highest BCUT2D eigenvalue weighted by molar-refractivity contribution is 8.01. The minimum absolute atomic E-state index is 0.386. The van der Waals surface area contributed by atoms with E-state index in [1.807, 2.05) is 14.0 Å². The molecule has 1 N–H and O–H groups in total. The van der Waals surface area contributed by atoms with Crippen molar-refractivity contribution < 1.29 is 0 Å². The summed E-state index contributed by atoms with van der Waals surface area (Å²) in [6.07, 6.45) is 3.19. The van der Waals surface area contributed by atoms with E-state index in [1.165, 1.54) is 11.5 Å². The van der Waals surface area contributed by atoms with E-state index in [1.54, 1.807) is 11.8 Å². The molecule has 2 rings (SSSR count). The Bertz CT molecular complexity index is 421. The van der Waals surface area contributed by atoms with Gasteiger partial charge in [-0.1, -0.05) is 18.7 Å². The molecule has 6 heteroatoms. The average Bonchev–Trinajstić information content (AvgIpc) is 3.11. The Morgan fingerprint density at radius 2 is 2.41 bits per heavy atom. The zero-order valence-electron chi connectivity index (χ0n) is 10.1. The van der Waals surface area contributed by atoms with Crippen LogP contribution in [0.3, 0.4) is 0 Å². The van der Waals surface area contributed by atoms with Crippen molar-refractivity contribution in [1.82, 2.24) is 14.7 Å². The van der Waals surface area contributed by atoms with E-state index >= 15 is 0 Å². The van der Waals surface area contributed by atoms with E-state index in [2.05, 4.69) is 20.7 Å². The standard InChI is InChI=1S/C11H16N4S2/c1-3-9-14-10(17-15-9)16-7-11(6-12,13-2)8-4-5-8/h8,13H,3-5,7H2,1-2H3. The summed E-state index contributed by atoms with van der Waals surface area (Å²) in [6.45, 7) is 2.05. The number of hydrogen-bond acceptors (Lipinski definition) is 6. The van der Waals surface area contributed by atoms with Gasteiger partial charge in [-0.15, -0.1) is 0 Å². The fraction of sp³-hybridized carbons (Fsp3) is 0.727. The summed E-state index contributed by atoms with van der Waals surface area (Å²) in [5, 5.41) is 12.6. The van der Waals surface area contributed by atoms with Gasteiger partial charge in [-0.3, -0.25) is 0 Å². The molecule has 0 bridgehead atoms. The maximum atomic E-state index is 9.36. The van der Waals surface area contributed by atoms with Crippen molar-refractivity contribution in [3.63, 3.8) is 0 Å². The highest BCUT2D eigenvalue weighted by Crippen LogP contribution is 2.42. The molecule has 1 aromatic rings. The number of aromatic nitrogens is 2. The van der Waals surface area contributed by atoms with Crippen molar-refractivity contribution in [2.24, 2.45) is 5.92 Å². The highest BCUT2D eigenvalue weighted by atomic mass is 32.2. The largest absolute Gasteiger partial charge is 0.302 e. The molecule has 1 aromatic heterocycles. The second kappa shape index (κ2) is 5.34. The Morgan fingerprint density at radius 3 is 2.88 bits per heavy atom. The van der Waals surface area contributed by atoms with E-state index in [-0.39, 0.29) is 5.54 Å². The molecule has 4 nitrogen and oxygen atoms in total. The number of nitrogens with zero attached hydrogens (tertiary/aromatic N) is 3. The molecule has 1 saturated carbocycles. The zero-order chi connectivity index (χ0) is 12.3. The molecule has 0 aliphatic heterocycles. The van der Waals surface area contributed by atoms with Crippen LogP contribution in [0, 0.1) is 17.2 Å². The summed E-state index contributed by atoms with van der Waals surface area (Å²) < 4.78 is 5.22. The fourth-order valence-corrected chi connectivity index (χ4v) is 3.73. The van der Waals surface area contributed by atoms with Crippen LogP contribution < -0.4 is 5.32 Å². The van der Waals surface area contributed by atoms with Crippen LogP contribution in [0.2, 0.25) is 0 Å². The van der Waals surface area contributed by atoms with Crippen molar-refractivity contribution in [2.75, 3.05) is 12.8 Å². The Morgan fingerprint density at radius 1 is 1.65 bits per heavy atom. The predicted molar refractivity (Wildman–Crippen MR) is 70.1 cm³/mol. The number of hydrogen-bond donors (Lipinski definition) is 1. The van der Waals surface area contributed by atoms with Crippen molar-refractivity contribution in [3.8, 4) is 6.07 Å². The first-order valence-electron chi connectivity index (χ1n) is 5.79. The summed E-state index contributed by atoms with van der Waals surface area (Å²) in [5.41, 5.74) is -0.386. The Hall–Kier alpha value is -0.640. The molecule has 92 valence electrons. The summed E-state index contributed by atoms with van der Waals surface area (Å²) in [5.74, 6) is 2.16. The topological polar surface area (TPSA) is 61.6 Å². The van der Waals surface area contributed by atoms with Crippen molar-refractivity contribution >= 4 is 23.3 Å². The Kier molecular flexibility index (Phi) is 4.02. The molecular weight excluding hydrogens is 252 g/mol. The molecule has 0 amide bonds. The third kappa shape index (κ3) is 2.79. The third-order valence-corrected chi connectivity index (χ3v) is 5.17. The number of aryl methyl sites for hydroxylation is 1. The first-order chi connectivity index (χ1) is 8.24. The molecule has 1 heterocycles. The molecule has 0 spiro atoms. The van der Waals surface area contributed by atoms with Crippen LogP contribution in [0.25, 0.3) is 0 Å². The normalized spacial score (nSPS) is 18.6. The second-order valence-electron chi connectivity index (χ2n) is 4.23. The van der Waals surface area contributed by atoms with Crippen LogP contribution in [0.5, 0.6) is 0 Å². The first-order valence-corrected chi connectivity index (χ1v) is 7.55. The van der Waals surface area contributed by atoms with E-state index in [0.717, 1.165) is 35.2 Å². The van der Waals surface area contributed by atoms with Gasteiger partial charge in [-0.25, -0.2) is 4.98 Å². The number of thioether (sulfide) groups is 1. The molecule has 1 aliphatic carbocycles. The van der Waals surface area contributed by atoms with Crippen LogP contribution in [-0.2, 0) is 6.42 Å². The Balaban J connectivity index is 1.98. The number of nitrogens with one attached hydrogen (secondary N) is 1. The summed E-state index contributed by atoms with van der Waals surface area (Å²) >= 11 is 3.07. The number of nitriles is 1.